The number of hydrogen-bond donors (Lipinski definition) is 3. The number of ether oxygens (including phenoxy) is 1. The van der Waals surface area contributed by atoms with Crippen LogP contribution in [0.4, 0.5) is 5.82 Å². The molecular weight excluding hydrogens is 456 g/mol. The van der Waals surface area contributed by atoms with Crippen LogP contribution in [-0.2, 0) is 22.9 Å². The van der Waals surface area contributed by atoms with E-state index in [0.29, 0.717) is 18.2 Å². The number of rotatable bonds is 9. The number of hydrogen-bond acceptors (Lipinski definition) is 9. The molecule has 0 spiro atoms. The number of nitrogens with zero attached hydrogens (tertiary/aromatic N) is 3. The van der Waals surface area contributed by atoms with Gasteiger partial charge in [-0.2, -0.15) is 0 Å². The maximum atomic E-state index is 12.1. The van der Waals surface area contributed by atoms with Gasteiger partial charge in [-0.1, -0.05) is 30.3 Å². The minimum absolute atomic E-state index is 0.153. The Balaban J connectivity index is 1.67. The third-order valence-corrected chi connectivity index (χ3v) is 7.81. The first-order chi connectivity index (χ1) is 16.3. The van der Waals surface area contributed by atoms with Gasteiger partial charge in [-0.25, -0.2) is 18.4 Å². The van der Waals surface area contributed by atoms with Gasteiger partial charge in [-0.3, -0.25) is 4.90 Å². The molecule has 10 heteroatoms. The number of sulfone groups is 1. The molecule has 34 heavy (non-hydrogen) atoms. The average molecular weight is 487 g/mol. The molecule has 3 N–H and O–H groups in total. The van der Waals surface area contributed by atoms with Gasteiger partial charge in [-0.05, 0) is 24.6 Å². The lowest BCUT2D eigenvalue weighted by molar-refractivity contribution is 0.0640. The zero-order chi connectivity index (χ0) is 24.3. The van der Waals surface area contributed by atoms with Crippen LogP contribution in [0.15, 0.2) is 42.5 Å². The maximum absolute atomic E-state index is 12.1. The third-order valence-electron chi connectivity index (χ3n) is 6.11. The van der Waals surface area contributed by atoms with Crippen molar-refractivity contribution in [3.05, 3.63) is 59.4 Å². The molecule has 2 aromatic carbocycles. The van der Waals surface area contributed by atoms with Crippen molar-refractivity contribution < 1.29 is 23.4 Å². The standard InChI is InChI=1S/C24H30N4O5S/c1-16-6-5-8-18-23(16)26-22(13-28(10-11-29)19-14-34(31,32)15-20(19)30)27-24(18)25-12-17-7-3-4-9-21(17)33-2/h3-9,19-20,29-30H,10-15H2,1-2H3,(H,25,26,27). The highest BCUT2D eigenvalue weighted by Crippen LogP contribution is 2.26. The van der Waals surface area contributed by atoms with E-state index in [0.717, 1.165) is 27.8 Å². The van der Waals surface area contributed by atoms with Gasteiger partial charge in [-0.15, -0.1) is 0 Å². The smallest absolute Gasteiger partial charge is 0.154 e. The quantitative estimate of drug-likeness (QED) is 0.413. The SMILES string of the molecule is COc1ccccc1CNc1nc(CN(CCO)C2CS(=O)(=O)CC2O)nc2c(C)cccc12. The van der Waals surface area contributed by atoms with Crippen LogP contribution in [0.2, 0.25) is 0 Å². The first-order valence-electron chi connectivity index (χ1n) is 11.2. The Bertz CT molecular complexity index is 1270. The summed E-state index contributed by atoms with van der Waals surface area (Å²) in [6.45, 7) is 2.70. The zero-order valence-electron chi connectivity index (χ0n) is 19.3. The number of fused-ring (bicyclic) bond motifs is 1. The van der Waals surface area contributed by atoms with Crippen LogP contribution in [0.1, 0.15) is 17.0 Å². The van der Waals surface area contributed by atoms with E-state index in [9.17, 15) is 18.6 Å². The van der Waals surface area contributed by atoms with Gasteiger partial charge in [0, 0.05) is 24.0 Å². The lowest BCUT2D eigenvalue weighted by Crippen LogP contribution is -2.44. The van der Waals surface area contributed by atoms with E-state index in [4.69, 9.17) is 14.7 Å². The van der Waals surface area contributed by atoms with Crippen molar-refractivity contribution in [2.75, 3.05) is 37.1 Å². The second-order valence-electron chi connectivity index (χ2n) is 8.53. The van der Waals surface area contributed by atoms with Crippen LogP contribution in [0.25, 0.3) is 10.9 Å². The number of aliphatic hydroxyl groups excluding tert-OH is 2. The Morgan fingerprint density at radius 2 is 1.94 bits per heavy atom. The summed E-state index contributed by atoms with van der Waals surface area (Å²) in [6, 6.07) is 13.0. The van der Waals surface area contributed by atoms with E-state index in [1.165, 1.54) is 0 Å². The summed E-state index contributed by atoms with van der Waals surface area (Å²) in [5, 5.41) is 24.2. The summed E-state index contributed by atoms with van der Waals surface area (Å²) in [7, 11) is -1.70. The molecule has 182 valence electrons. The molecule has 2 atom stereocenters. The van der Waals surface area contributed by atoms with Gasteiger partial charge in [0.25, 0.3) is 0 Å². The first-order valence-corrected chi connectivity index (χ1v) is 13.0. The monoisotopic (exact) mass is 486 g/mol. The van der Waals surface area contributed by atoms with Crippen LogP contribution < -0.4 is 10.1 Å². The van der Waals surface area contributed by atoms with Crippen molar-refractivity contribution in [2.24, 2.45) is 0 Å². The van der Waals surface area contributed by atoms with Crippen molar-refractivity contribution in [3.63, 3.8) is 0 Å². The highest BCUT2D eigenvalue weighted by molar-refractivity contribution is 7.91. The Hall–Kier alpha value is -2.79. The van der Waals surface area contributed by atoms with Crippen molar-refractivity contribution in [2.45, 2.75) is 32.2 Å². The Labute approximate surface area is 199 Å². The number of benzene rings is 2. The van der Waals surface area contributed by atoms with E-state index in [-0.39, 0.29) is 31.2 Å². The Morgan fingerprint density at radius 3 is 2.65 bits per heavy atom. The van der Waals surface area contributed by atoms with Crippen LogP contribution in [0.5, 0.6) is 5.75 Å². The normalized spacial score (nSPS) is 19.6. The molecular formula is C24H30N4O5S. The molecule has 0 radical (unpaired) electrons. The minimum Gasteiger partial charge on any atom is -0.496 e. The number of para-hydroxylation sites is 2. The van der Waals surface area contributed by atoms with Gasteiger partial charge >= 0.3 is 0 Å². The van der Waals surface area contributed by atoms with Crippen LogP contribution in [0.3, 0.4) is 0 Å². The van der Waals surface area contributed by atoms with Crippen molar-refractivity contribution in [1.29, 1.82) is 0 Å². The fraction of sp³-hybridized carbons (Fsp3) is 0.417. The first kappa shape index (κ1) is 24.3. The van der Waals surface area contributed by atoms with Gasteiger partial charge in [0.05, 0.1) is 49.4 Å². The molecule has 0 saturated carbocycles. The highest BCUT2D eigenvalue weighted by atomic mass is 32.2. The molecule has 9 nitrogen and oxygen atoms in total. The molecule has 2 heterocycles. The topological polar surface area (TPSA) is 125 Å². The van der Waals surface area contributed by atoms with E-state index in [2.05, 4.69) is 5.32 Å². The number of aryl methyl sites for hydroxylation is 1. The largest absolute Gasteiger partial charge is 0.496 e. The fourth-order valence-electron chi connectivity index (χ4n) is 4.41. The molecule has 0 amide bonds. The Morgan fingerprint density at radius 1 is 1.15 bits per heavy atom. The minimum atomic E-state index is -3.33. The molecule has 3 aromatic rings. The van der Waals surface area contributed by atoms with Crippen molar-refractivity contribution in [1.82, 2.24) is 14.9 Å². The summed E-state index contributed by atoms with van der Waals surface area (Å²) in [6.07, 6.45) is -1.01. The molecule has 0 aliphatic carbocycles. The average Bonchev–Trinajstić information content (AvgIpc) is 3.10. The van der Waals surface area contributed by atoms with E-state index in [1.54, 1.807) is 12.0 Å². The summed E-state index contributed by atoms with van der Waals surface area (Å²) in [5.74, 6) is 1.48. The molecule has 1 saturated heterocycles. The van der Waals surface area contributed by atoms with Crippen LogP contribution in [-0.4, -0.2) is 77.4 Å². The molecule has 1 aliphatic rings. The zero-order valence-corrected chi connectivity index (χ0v) is 20.1. The van der Waals surface area contributed by atoms with E-state index >= 15 is 0 Å². The highest BCUT2D eigenvalue weighted by Gasteiger charge is 2.40. The number of methoxy groups -OCH3 is 1. The molecule has 1 aromatic heterocycles. The maximum Gasteiger partial charge on any atom is 0.154 e. The molecule has 2 unspecified atom stereocenters. The lowest BCUT2D eigenvalue weighted by Gasteiger charge is -2.29. The third kappa shape index (κ3) is 5.30. The van der Waals surface area contributed by atoms with Gasteiger partial charge in [0.1, 0.15) is 17.4 Å². The lowest BCUT2D eigenvalue weighted by atomic mass is 10.1. The number of nitrogens with one attached hydrogen (secondary N) is 1. The van der Waals surface area contributed by atoms with Crippen molar-refractivity contribution >= 4 is 26.6 Å². The second-order valence-corrected chi connectivity index (χ2v) is 10.7. The predicted octanol–water partition coefficient (Wildman–Crippen LogP) is 1.51. The summed E-state index contributed by atoms with van der Waals surface area (Å²) in [4.78, 5) is 11.2. The number of anilines is 1. The number of aromatic nitrogens is 2. The fourth-order valence-corrected chi connectivity index (χ4v) is 6.24. The van der Waals surface area contributed by atoms with E-state index in [1.807, 2.05) is 49.4 Å². The molecule has 1 fully saturated rings. The van der Waals surface area contributed by atoms with Crippen LogP contribution >= 0.6 is 0 Å². The predicted molar refractivity (Wildman–Crippen MR) is 131 cm³/mol. The summed E-state index contributed by atoms with van der Waals surface area (Å²) >= 11 is 0. The number of aliphatic hydroxyl groups is 2. The van der Waals surface area contributed by atoms with E-state index < -0.39 is 22.0 Å². The van der Waals surface area contributed by atoms with Crippen molar-refractivity contribution in [3.8, 4) is 5.75 Å². The summed E-state index contributed by atoms with van der Waals surface area (Å²) in [5.41, 5.74) is 2.75. The molecule has 0 bridgehead atoms. The second kappa shape index (κ2) is 10.2. The van der Waals surface area contributed by atoms with Gasteiger partial charge in [0.15, 0.2) is 9.84 Å². The van der Waals surface area contributed by atoms with Gasteiger partial charge in [0.2, 0.25) is 0 Å². The Kier molecular flexibility index (Phi) is 7.32. The van der Waals surface area contributed by atoms with Gasteiger partial charge < -0.3 is 20.3 Å². The molecule has 4 rings (SSSR count). The van der Waals surface area contributed by atoms with Crippen LogP contribution in [0, 0.1) is 6.92 Å². The molecule has 1 aliphatic heterocycles. The summed E-state index contributed by atoms with van der Waals surface area (Å²) < 4.78 is 29.6.